The van der Waals surface area contributed by atoms with Crippen molar-refractivity contribution in [1.82, 2.24) is 25.1 Å². The number of piperazine rings is 1. The minimum absolute atomic E-state index is 0.420. The number of benzene rings is 1. The Morgan fingerprint density at radius 3 is 2.38 bits per heavy atom. The van der Waals surface area contributed by atoms with E-state index >= 15 is 0 Å². The van der Waals surface area contributed by atoms with Crippen molar-refractivity contribution in [2.75, 3.05) is 55.5 Å². The number of anilines is 4. The number of methoxy groups -OCH3 is 2. The van der Waals surface area contributed by atoms with Crippen molar-refractivity contribution in [2.45, 2.75) is 0 Å². The summed E-state index contributed by atoms with van der Waals surface area (Å²) in [7, 11) is 3.20. The van der Waals surface area contributed by atoms with Crippen LogP contribution in [0.15, 0.2) is 42.9 Å². The maximum absolute atomic E-state index is 5.34. The first-order valence-electron chi connectivity index (χ1n) is 9.22. The Morgan fingerprint density at radius 1 is 0.931 bits per heavy atom. The van der Waals surface area contributed by atoms with E-state index in [0.29, 0.717) is 17.4 Å². The highest BCUT2D eigenvalue weighted by Crippen LogP contribution is 2.30. The van der Waals surface area contributed by atoms with Crippen LogP contribution in [0.4, 0.5) is 23.4 Å². The fraction of sp³-hybridized carbons (Fsp3) is 0.316. The van der Waals surface area contributed by atoms with Crippen LogP contribution in [0.2, 0.25) is 0 Å². The summed E-state index contributed by atoms with van der Waals surface area (Å²) in [5.41, 5.74) is 0.785. The molecule has 1 N–H and O–H groups in total. The van der Waals surface area contributed by atoms with E-state index in [1.807, 2.05) is 24.3 Å². The average Bonchev–Trinajstić information content (AvgIpc) is 2.80. The topological polar surface area (TPSA) is 101 Å². The van der Waals surface area contributed by atoms with Gasteiger partial charge in [0.05, 0.1) is 20.4 Å². The highest BCUT2D eigenvalue weighted by molar-refractivity contribution is 5.60. The zero-order chi connectivity index (χ0) is 20.1. The quantitative estimate of drug-likeness (QED) is 0.665. The molecule has 1 saturated heterocycles. The van der Waals surface area contributed by atoms with Crippen LogP contribution < -0.4 is 24.6 Å². The van der Waals surface area contributed by atoms with Crippen LogP contribution in [0.25, 0.3) is 0 Å². The molecule has 0 radical (unpaired) electrons. The Labute approximate surface area is 168 Å². The predicted molar refractivity (Wildman–Crippen MR) is 109 cm³/mol. The minimum atomic E-state index is 0.420. The summed E-state index contributed by atoms with van der Waals surface area (Å²) in [6.45, 7) is 3.22. The molecular formula is C19H22N8O2. The highest BCUT2D eigenvalue weighted by atomic mass is 16.5. The van der Waals surface area contributed by atoms with Crippen molar-refractivity contribution in [3.8, 4) is 11.5 Å². The third-order valence-corrected chi connectivity index (χ3v) is 4.62. The van der Waals surface area contributed by atoms with E-state index in [4.69, 9.17) is 9.47 Å². The van der Waals surface area contributed by atoms with Crippen molar-refractivity contribution < 1.29 is 9.47 Å². The van der Waals surface area contributed by atoms with Gasteiger partial charge in [0.25, 0.3) is 0 Å². The number of rotatable bonds is 6. The van der Waals surface area contributed by atoms with Crippen molar-refractivity contribution in [3.63, 3.8) is 0 Å². The molecular weight excluding hydrogens is 372 g/mol. The smallest absolute Gasteiger partial charge is 0.249 e. The van der Waals surface area contributed by atoms with Gasteiger partial charge in [0.2, 0.25) is 11.9 Å². The van der Waals surface area contributed by atoms with Gasteiger partial charge in [-0.3, -0.25) is 0 Å². The molecule has 29 heavy (non-hydrogen) atoms. The van der Waals surface area contributed by atoms with E-state index in [0.717, 1.165) is 43.6 Å². The molecule has 0 atom stereocenters. The SMILES string of the molecule is COc1ccc(Nc2nncc(N3CCN(c4ncccn4)CC3)n2)cc1OC. The second-order valence-corrected chi connectivity index (χ2v) is 6.36. The monoisotopic (exact) mass is 394 g/mol. The molecule has 0 saturated carbocycles. The number of hydrogen-bond acceptors (Lipinski definition) is 10. The molecule has 0 aliphatic carbocycles. The zero-order valence-corrected chi connectivity index (χ0v) is 16.3. The van der Waals surface area contributed by atoms with Gasteiger partial charge in [-0.25, -0.2) is 9.97 Å². The maximum atomic E-state index is 5.34. The standard InChI is InChI=1S/C19H22N8O2/c1-28-15-5-4-14(12-16(15)29-2)23-18-24-17(13-22-25-18)26-8-10-27(11-9-26)19-20-6-3-7-21-19/h3-7,12-13H,8-11H2,1-2H3,(H,23,24,25). The van der Waals surface area contributed by atoms with Crippen LogP contribution in [0.1, 0.15) is 0 Å². The molecule has 3 aromatic rings. The van der Waals surface area contributed by atoms with Crippen LogP contribution in [0.3, 0.4) is 0 Å². The van der Waals surface area contributed by atoms with E-state index in [9.17, 15) is 0 Å². The summed E-state index contributed by atoms with van der Waals surface area (Å²) in [5, 5.41) is 11.4. The van der Waals surface area contributed by atoms with Crippen LogP contribution in [0.5, 0.6) is 11.5 Å². The summed E-state index contributed by atoms with van der Waals surface area (Å²) in [6, 6.07) is 7.34. The van der Waals surface area contributed by atoms with Gasteiger partial charge in [0, 0.05) is 50.3 Å². The number of ether oxygens (including phenoxy) is 2. The molecule has 0 bridgehead atoms. The Bertz CT molecular complexity index is 948. The number of nitrogens with one attached hydrogen (secondary N) is 1. The predicted octanol–water partition coefficient (Wildman–Crippen LogP) is 1.75. The van der Waals surface area contributed by atoms with Crippen molar-refractivity contribution in [2.24, 2.45) is 0 Å². The fourth-order valence-electron chi connectivity index (χ4n) is 3.13. The number of aromatic nitrogens is 5. The van der Waals surface area contributed by atoms with Gasteiger partial charge in [-0.1, -0.05) is 0 Å². The Kier molecular flexibility index (Phi) is 5.50. The molecule has 10 nitrogen and oxygen atoms in total. The summed E-state index contributed by atoms with van der Waals surface area (Å²) in [4.78, 5) is 17.6. The summed E-state index contributed by atoms with van der Waals surface area (Å²) < 4.78 is 10.6. The molecule has 0 amide bonds. The van der Waals surface area contributed by atoms with Crippen LogP contribution in [0, 0.1) is 0 Å². The summed E-state index contributed by atoms with van der Waals surface area (Å²) in [6.07, 6.45) is 5.19. The molecule has 0 spiro atoms. The van der Waals surface area contributed by atoms with Crippen LogP contribution >= 0.6 is 0 Å². The Morgan fingerprint density at radius 2 is 1.66 bits per heavy atom. The van der Waals surface area contributed by atoms with E-state index in [1.165, 1.54) is 0 Å². The Hall–Kier alpha value is -3.69. The Balaban J connectivity index is 1.43. The lowest BCUT2D eigenvalue weighted by atomic mass is 10.3. The number of nitrogens with zero attached hydrogens (tertiary/aromatic N) is 7. The zero-order valence-electron chi connectivity index (χ0n) is 16.3. The van der Waals surface area contributed by atoms with Gasteiger partial charge in [-0.2, -0.15) is 10.1 Å². The molecule has 1 aliphatic rings. The lowest BCUT2D eigenvalue weighted by molar-refractivity contribution is 0.355. The fourth-order valence-corrected chi connectivity index (χ4v) is 3.13. The maximum Gasteiger partial charge on any atom is 0.249 e. The van der Waals surface area contributed by atoms with E-state index in [-0.39, 0.29) is 0 Å². The van der Waals surface area contributed by atoms with Crippen LogP contribution in [-0.4, -0.2) is 65.5 Å². The molecule has 3 heterocycles. The second kappa shape index (κ2) is 8.55. The minimum Gasteiger partial charge on any atom is -0.493 e. The first kappa shape index (κ1) is 18.7. The van der Waals surface area contributed by atoms with Crippen LogP contribution in [-0.2, 0) is 0 Å². The summed E-state index contributed by atoms with van der Waals surface area (Å²) in [5.74, 6) is 3.23. The van der Waals surface area contributed by atoms with Gasteiger partial charge >= 0.3 is 0 Å². The van der Waals surface area contributed by atoms with E-state index < -0.39 is 0 Å². The number of hydrogen-bond donors (Lipinski definition) is 1. The molecule has 1 fully saturated rings. The first-order valence-corrected chi connectivity index (χ1v) is 9.22. The largest absolute Gasteiger partial charge is 0.493 e. The second-order valence-electron chi connectivity index (χ2n) is 6.36. The molecule has 1 aliphatic heterocycles. The normalized spacial score (nSPS) is 13.9. The van der Waals surface area contributed by atoms with Gasteiger partial charge in [-0.05, 0) is 18.2 Å². The first-order chi connectivity index (χ1) is 14.3. The average molecular weight is 394 g/mol. The summed E-state index contributed by atoms with van der Waals surface area (Å²) >= 11 is 0. The van der Waals surface area contributed by atoms with E-state index in [2.05, 4.69) is 40.3 Å². The van der Waals surface area contributed by atoms with Crippen molar-refractivity contribution >= 4 is 23.4 Å². The molecule has 0 unspecified atom stereocenters. The third kappa shape index (κ3) is 4.26. The van der Waals surface area contributed by atoms with E-state index in [1.54, 1.807) is 32.8 Å². The molecule has 10 heteroatoms. The van der Waals surface area contributed by atoms with Crippen molar-refractivity contribution in [3.05, 3.63) is 42.9 Å². The highest BCUT2D eigenvalue weighted by Gasteiger charge is 2.20. The van der Waals surface area contributed by atoms with Gasteiger partial charge in [-0.15, -0.1) is 5.10 Å². The molecule has 1 aromatic carbocycles. The molecule has 4 rings (SSSR count). The van der Waals surface area contributed by atoms with Gasteiger partial charge in [0.15, 0.2) is 17.3 Å². The lowest BCUT2D eigenvalue weighted by Crippen LogP contribution is -2.47. The van der Waals surface area contributed by atoms with Crippen molar-refractivity contribution in [1.29, 1.82) is 0 Å². The third-order valence-electron chi connectivity index (χ3n) is 4.62. The van der Waals surface area contributed by atoms with Gasteiger partial charge in [0.1, 0.15) is 0 Å². The lowest BCUT2D eigenvalue weighted by Gasteiger charge is -2.35. The van der Waals surface area contributed by atoms with Gasteiger partial charge < -0.3 is 24.6 Å². The molecule has 2 aromatic heterocycles. The molecule has 150 valence electrons.